The summed E-state index contributed by atoms with van der Waals surface area (Å²) in [6.07, 6.45) is 0. The van der Waals surface area contributed by atoms with Gasteiger partial charge in [-0.05, 0) is 24.3 Å². The van der Waals surface area contributed by atoms with Gasteiger partial charge < -0.3 is 15.2 Å². The van der Waals surface area contributed by atoms with E-state index in [-0.39, 0.29) is 13.3 Å². The maximum absolute atomic E-state index is 9.01. The van der Waals surface area contributed by atoms with Crippen molar-refractivity contribution in [2.75, 3.05) is 24.4 Å². The van der Waals surface area contributed by atoms with Crippen LogP contribution in [0.2, 0.25) is 0 Å². The zero-order valence-corrected chi connectivity index (χ0v) is 15.4. The molecule has 26 heavy (non-hydrogen) atoms. The number of aromatic nitrogens is 3. The normalized spacial score (nSPS) is 11.1. The maximum Gasteiger partial charge on any atom is 0.227 e. The first-order chi connectivity index (χ1) is 12.8. The molecule has 4 rings (SSSR count). The van der Waals surface area contributed by atoms with Crippen LogP contribution < -0.4 is 10.1 Å². The number of nitrogens with zero attached hydrogens (tertiary/aromatic N) is 3. The lowest BCUT2D eigenvalue weighted by atomic mass is 10.2. The molecule has 0 aliphatic heterocycles. The van der Waals surface area contributed by atoms with Crippen molar-refractivity contribution < 1.29 is 9.84 Å². The molecule has 0 unspecified atom stereocenters. The molecule has 2 heterocycles. The Balaban J connectivity index is 1.52. The summed E-state index contributed by atoms with van der Waals surface area (Å²) in [5, 5.41) is 14.5. The van der Waals surface area contributed by atoms with E-state index in [0.29, 0.717) is 16.8 Å². The first-order valence-corrected chi connectivity index (χ1v) is 9.86. The highest BCUT2D eigenvalue weighted by Gasteiger charge is 2.10. The summed E-state index contributed by atoms with van der Waals surface area (Å²) in [5.74, 6) is 1.06. The predicted octanol–water partition coefficient (Wildman–Crippen LogP) is 3.77. The van der Waals surface area contributed by atoms with Crippen molar-refractivity contribution in [3.8, 4) is 5.88 Å². The van der Waals surface area contributed by atoms with E-state index < -0.39 is 0 Å². The number of anilines is 1. The fraction of sp³-hybridized carbons (Fsp3) is 0.167. The Morgan fingerprint density at radius 2 is 1.81 bits per heavy atom. The number of fused-ring (bicyclic) bond motifs is 2. The number of para-hydroxylation sites is 2. The van der Waals surface area contributed by atoms with Crippen LogP contribution in [0.4, 0.5) is 5.13 Å². The van der Waals surface area contributed by atoms with Gasteiger partial charge in [0.1, 0.15) is 0 Å². The molecular formula is C18H16N4O2S2. The van der Waals surface area contributed by atoms with Crippen molar-refractivity contribution in [1.29, 1.82) is 0 Å². The average Bonchev–Trinajstić information content (AvgIpc) is 3.09. The molecule has 2 aromatic heterocycles. The fourth-order valence-corrected chi connectivity index (χ4v) is 3.89. The molecule has 0 saturated heterocycles. The van der Waals surface area contributed by atoms with E-state index in [1.165, 1.54) is 11.8 Å². The van der Waals surface area contributed by atoms with Crippen LogP contribution in [0.25, 0.3) is 21.1 Å². The van der Waals surface area contributed by atoms with Crippen molar-refractivity contribution in [1.82, 2.24) is 15.0 Å². The number of hydrogen-bond donors (Lipinski definition) is 2. The topological polar surface area (TPSA) is 80.2 Å². The van der Waals surface area contributed by atoms with Gasteiger partial charge in [0.25, 0.3) is 0 Å². The largest absolute Gasteiger partial charge is 0.456 e. The summed E-state index contributed by atoms with van der Waals surface area (Å²) in [4.78, 5) is 13.5. The van der Waals surface area contributed by atoms with Crippen LogP contribution in [0.1, 0.15) is 0 Å². The van der Waals surface area contributed by atoms with Gasteiger partial charge >= 0.3 is 0 Å². The number of thiazole rings is 1. The SMILES string of the molecule is OCCSc1nc(OCNc2nc3ccccc3s2)c2ccccc2n1. The van der Waals surface area contributed by atoms with Crippen molar-refractivity contribution in [2.24, 2.45) is 0 Å². The Bertz CT molecular complexity index is 1000. The van der Waals surface area contributed by atoms with Gasteiger partial charge in [0, 0.05) is 5.75 Å². The molecule has 2 aromatic carbocycles. The molecule has 6 nitrogen and oxygen atoms in total. The Morgan fingerprint density at radius 3 is 2.65 bits per heavy atom. The minimum Gasteiger partial charge on any atom is -0.456 e. The van der Waals surface area contributed by atoms with E-state index in [4.69, 9.17) is 9.84 Å². The Labute approximate surface area is 158 Å². The van der Waals surface area contributed by atoms with E-state index in [9.17, 15) is 0 Å². The average molecular weight is 384 g/mol. The first-order valence-electron chi connectivity index (χ1n) is 8.06. The summed E-state index contributed by atoms with van der Waals surface area (Å²) < 4.78 is 7.00. The van der Waals surface area contributed by atoms with E-state index in [1.54, 1.807) is 11.3 Å². The smallest absolute Gasteiger partial charge is 0.227 e. The van der Waals surface area contributed by atoms with E-state index in [0.717, 1.165) is 26.3 Å². The second-order valence-corrected chi connectivity index (χ2v) is 7.45. The number of aliphatic hydroxyl groups excluding tert-OH is 1. The van der Waals surface area contributed by atoms with Crippen LogP contribution in [0.15, 0.2) is 53.7 Å². The van der Waals surface area contributed by atoms with Crippen LogP contribution in [-0.2, 0) is 0 Å². The molecule has 0 atom stereocenters. The Morgan fingerprint density at radius 1 is 1.00 bits per heavy atom. The molecule has 0 aliphatic carbocycles. The third-order valence-electron chi connectivity index (χ3n) is 3.60. The van der Waals surface area contributed by atoms with Gasteiger partial charge in [0.15, 0.2) is 17.0 Å². The molecule has 8 heteroatoms. The van der Waals surface area contributed by atoms with E-state index in [1.807, 2.05) is 48.5 Å². The van der Waals surface area contributed by atoms with E-state index >= 15 is 0 Å². The first kappa shape index (κ1) is 17.0. The molecule has 132 valence electrons. The van der Waals surface area contributed by atoms with Crippen molar-refractivity contribution in [3.05, 3.63) is 48.5 Å². The van der Waals surface area contributed by atoms with Crippen LogP contribution in [0, 0.1) is 0 Å². The number of benzene rings is 2. The summed E-state index contributed by atoms with van der Waals surface area (Å²) >= 11 is 2.98. The zero-order chi connectivity index (χ0) is 17.8. The Hall–Kier alpha value is -2.42. The number of thioether (sulfide) groups is 1. The summed E-state index contributed by atoms with van der Waals surface area (Å²) in [5.41, 5.74) is 1.79. The molecule has 0 fully saturated rings. The van der Waals surface area contributed by atoms with Crippen molar-refractivity contribution in [3.63, 3.8) is 0 Å². The molecule has 0 amide bonds. The van der Waals surface area contributed by atoms with Gasteiger partial charge in [0.2, 0.25) is 5.88 Å². The van der Waals surface area contributed by atoms with Crippen molar-refractivity contribution >= 4 is 49.3 Å². The number of rotatable bonds is 7. The highest BCUT2D eigenvalue weighted by atomic mass is 32.2. The molecule has 0 radical (unpaired) electrons. The zero-order valence-electron chi connectivity index (χ0n) is 13.8. The van der Waals surface area contributed by atoms with Crippen LogP contribution in [-0.4, -0.2) is 39.1 Å². The Kier molecular flexibility index (Phi) is 5.14. The minimum atomic E-state index is 0.0796. The van der Waals surface area contributed by atoms with Gasteiger partial charge in [-0.25, -0.2) is 9.97 Å². The highest BCUT2D eigenvalue weighted by molar-refractivity contribution is 7.99. The van der Waals surface area contributed by atoms with Gasteiger partial charge in [-0.15, -0.1) is 0 Å². The summed E-state index contributed by atoms with van der Waals surface area (Å²) in [6.45, 7) is 0.334. The van der Waals surface area contributed by atoms with Crippen LogP contribution in [0.5, 0.6) is 5.88 Å². The van der Waals surface area contributed by atoms with Crippen LogP contribution in [0.3, 0.4) is 0 Å². The lowest BCUT2D eigenvalue weighted by molar-refractivity contribution is 0.322. The third kappa shape index (κ3) is 3.72. The predicted molar refractivity (Wildman–Crippen MR) is 106 cm³/mol. The molecule has 0 saturated carbocycles. The summed E-state index contributed by atoms with van der Waals surface area (Å²) in [7, 11) is 0. The maximum atomic E-state index is 9.01. The molecular weight excluding hydrogens is 368 g/mol. The van der Waals surface area contributed by atoms with Crippen molar-refractivity contribution in [2.45, 2.75) is 5.16 Å². The molecule has 0 spiro atoms. The second kappa shape index (κ2) is 7.86. The number of hydrogen-bond acceptors (Lipinski definition) is 8. The minimum absolute atomic E-state index is 0.0796. The van der Waals surface area contributed by atoms with Gasteiger partial charge in [0.05, 0.1) is 27.7 Å². The standard InChI is InChI=1S/C18H16N4O2S2/c23-9-10-25-18-20-13-6-2-1-5-12(13)16(22-18)24-11-19-17-21-14-7-3-4-8-15(14)26-17/h1-8,23H,9-11H2,(H,19,21). The number of aliphatic hydroxyl groups is 1. The third-order valence-corrected chi connectivity index (χ3v) is 5.42. The number of ether oxygens (including phenoxy) is 1. The highest BCUT2D eigenvalue weighted by Crippen LogP contribution is 2.27. The number of nitrogens with one attached hydrogen (secondary N) is 1. The molecule has 2 N–H and O–H groups in total. The van der Waals surface area contributed by atoms with Crippen LogP contribution >= 0.6 is 23.1 Å². The second-order valence-electron chi connectivity index (χ2n) is 5.35. The molecule has 0 bridgehead atoms. The lowest BCUT2D eigenvalue weighted by Crippen LogP contribution is -2.10. The quantitative estimate of drug-likeness (QED) is 0.285. The van der Waals surface area contributed by atoms with E-state index in [2.05, 4.69) is 20.3 Å². The monoisotopic (exact) mass is 384 g/mol. The molecule has 4 aromatic rings. The van der Waals surface area contributed by atoms with Gasteiger partial charge in [-0.2, -0.15) is 4.98 Å². The molecule has 0 aliphatic rings. The summed E-state index contributed by atoms with van der Waals surface area (Å²) in [6, 6.07) is 15.7. The van der Waals surface area contributed by atoms with Gasteiger partial charge in [-0.3, -0.25) is 0 Å². The lowest BCUT2D eigenvalue weighted by Gasteiger charge is -2.10. The fourth-order valence-electron chi connectivity index (χ4n) is 2.45. The van der Waals surface area contributed by atoms with Gasteiger partial charge in [-0.1, -0.05) is 47.4 Å².